The van der Waals surface area contributed by atoms with Gasteiger partial charge in [-0.3, -0.25) is 4.98 Å². The zero-order valence-electron chi connectivity index (χ0n) is 11.5. The van der Waals surface area contributed by atoms with Gasteiger partial charge < -0.3 is 9.64 Å². The van der Waals surface area contributed by atoms with E-state index >= 15 is 0 Å². The topological polar surface area (TPSA) is 42.4 Å². The van der Waals surface area contributed by atoms with Crippen LogP contribution in [-0.4, -0.2) is 40.3 Å². The highest BCUT2D eigenvalue weighted by Gasteiger charge is 2.47. The Labute approximate surface area is 112 Å². The van der Waals surface area contributed by atoms with E-state index < -0.39 is 17.4 Å². The molecule has 4 nitrogen and oxygen atoms in total. The maximum absolute atomic E-state index is 14.4. The Bertz CT molecular complexity index is 450. The molecular formula is C14H19FN2O2. The second-order valence-corrected chi connectivity index (χ2v) is 6.02. The molecule has 1 saturated heterocycles. The molecule has 1 aromatic heterocycles. The Morgan fingerprint density at radius 2 is 2.00 bits per heavy atom. The number of halogens is 1. The first-order valence-electron chi connectivity index (χ1n) is 6.33. The molecule has 1 amide bonds. The van der Waals surface area contributed by atoms with Gasteiger partial charge in [0.1, 0.15) is 11.3 Å². The number of alkyl halides is 1. The smallest absolute Gasteiger partial charge is 0.410 e. The minimum absolute atomic E-state index is 0.0875. The van der Waals surface area contributed by atoms with Gasteiger partial charge in [0.25, 0.3) is 0 Å². The summed E-state index contributed by atoms with van der Waals surface area (Å²) in [4.78, 5) is 17.0. The minimum Gasteiger partial charge on any atom is -0.444 e. The molecule has 2 heterocycles. The lowest BCUT2D eigenvalue weighted by Gasteiger charge is -2.44. The van der Waals surface area contributed by atoms with Gasteiger partial charge in [-0.05, 0) is 38.5 Å². The summed E-state index contributed by atoms with van der Waals surface area (Å²) in [6.45, 7) is 5.56. The van der Waals surface area contributed by atoms with Crippen molar-refractivity contribution in [2.75, 3.05) is 13.1 Å². The van der Waals surface area contributed by atoms with Crippen molar-refractivity contribution in [1.29, 1.82) is 0 Å². The number of aromatic nitrogens is 1. The van der Waals surface area contributed by atoms with Gasteiger partial charge in [0.2, 0.25) is 0 Å². The number of amides is 1. The van der Waals surface area contributed by atoms with Crippen molar-refractivity contribution in [3.63, 3.8) is 0 Å². The number of ether oxygens (including phenoxy) is 1. The fourth-order valence-corrected chi connectivity index (χ4v) is 2.07. The van der Waals surface area contributed by atoms with Gasteiger partial charge in [0.15, 0.2) is 0 Å². The number of carbonyl (C=O) groups excluding carboxylic acids is 1. The zero-order chi connectivity index (χ0) is 14.1. The third kappa shape index (κ3) is 3.66. The van der Waals surface area contributed by atoms with Gasteiger partial charge >= 0.3 is 6.09 Å². The highest BCUT2D eigenvalue weighted by molar-refractivity contribution is 5.69. The molecule has 5 heteroatoms. The number of hydrogen-bond acceptors (Lipinski definition) is 3. The van der Waals surface area contributed by atoms with Crippen LogP contribution in [0.15, 0.2) is 24.5 Å². The van der Waals surface area contributed by atoms with Crippen molar-refractivity contribution in [1.82, 2.24) is 9.88 Å². The van der Waals surface area contributed by atoms with Crippen molar-refractivity contribution in [3.05, 3.63) is 30.1 Å². The normalized spacial score (nSPS) is 17.8. The lowest BCUT2D eigenvalue weighted by Crippen LogP contribution is -2.62. The van der Waals surface area contributed by atoms with Gasteiger partial charge in [-0.15, -0.1) is 0 Å². The van der Waals surface area contributed by atoms with Crippen LogP contribution >= 0.6 is 0 Å². The van der Waals surface area contributed by atoms with Crippen LogP contribution in [-0.2, 0) is 11.2 Å². The number of nitrogens with zero attached hydrogens (tertiary/aromatic N) is 2. The first-order valence-corrected chi connectivity index (χ1v) is 6.33. The second kappa shape index (κ2) is 4.79. The molecule has 1 aromatic rings. The molecule has 104 valence electrons. The molecule has 2 rings (SSSR count). The fraction of sp³-hybridized carbons (Fsp3) is 0.571. The average Bonchev–Trinajstić information content (AvgIpc) is 2.24. The Morgan fingerprint density at radius 3 is 2.53 bits per heavy atom. The van der Waals surface area contributed by atoms with Crippen molar-refractivity contribution in [2.24, 2.45) is 0 Å². The zero-order valence-corrected chi connectivity index (χ0v) is 11.5. The first kappa shape index (κ1) is 13.8. The molecule has 19 heavy (non-hydrogen) atoms. The van der Waals surface area contributed by atoms with Crippen LogP contribution in [0.2, 0.25) is 0 Å². The monoisotopic (exact) mass is 266 g/mol. The van der Waals surface area contributed by atoms with E-state index in [0.29, 0.717) is 6.42 Å². The van der Waals surface area contributed by atoms with E-state index in [1.807, 2.05) is 0 Å². The number of hydrogen-bond donors (Lipinski definition) is 0. The van der Waals surface area contributed by atoms with E-state index in [-0.39, 0.29) is 13.1 Å². The lowest BCUT2D eigenvalue weighted by atomic mass is 9.89. The van der Waals surface area contributed by atoms with Crippen LogP contribution in [0.1, 0.15) is 26.3 Å². The predicted octanol–water partition coefficient (Wildman–Crippen LogP) is 2.58. The highest BCUT2D eigenvalue weighted by atomic mass is 19.1. The van der Waals surface area contributed by atoms with Crippen molar-refractivity contribution >= 4 is 6.09 Å². The van der Waals surface area contributed by atoms with Crippen LogP contribution < -0.4 is 0 Å². The molecule has 0 aromatic carbocycles. The van der Waals surface area contributed by atoms with E-state index in [0.717, 1.165) is 5.56 Å². The largest absolute Gasteiger partial charge is 0.444 e. The van der Waals surface area contributed by atoms with E-state index in [1.165, 1.54) is 4.90 Å². The Kier molecular flexibility index (Phi) is 3.47. The van der Waals surface area contributed by atoms with E-state index in [2.05, 4.69) is 4.98 Å². The van der Waals surface area contributed by atoms with Crippen molar-refractivity contribution in [2.45, 2.75) is 38.5 Å². The van der Waals surface area contributed by atoms with Crippen molar-refractivity contribution in [3.8, 4) is 0 Å². The quantitative estimate of drug-likeness (QED) is 0.826. The molecule has 1 aliphatic heterocycles. The molecule has 0 unspecified atom stereocenters. The summed E-state index contributed by atoms with van der Waals surface area (Å²) in [6.07, 6.45) is 3.14. The SMILES string of the molecule is CC(C)(C)OC(=O)N1CC(F)(Cc2ccncc2)C1. The van der Waals surface area contributed by atoms with Gasteiger partial charge in [0.05, 0.1) is 13.1 Å². The summed E-state index contributed by atoms with van der Waals surface area (Å²) in [7, 11) is 0. The average molecular weight is 266 g/mol. The Hall–Kier alpha value is -1.65. The van der Waals surface area contributed by atoms with Crippen LogP contribution in [0.4, 0.5) is 9.18 Å². The highest BCUT2D eigenvalue weighted by Crippen LogP contribution is 2.30. The maximum atomic E-state index is 14.4. The molecule has 0 aliphatic carbocycles. The van der Waals surface area contributed by atoms with Gasteiger partial charge in [-0.1, -0.05) is 0 Å². The van der Waals surface area contributed by atoms with Gasteiger partial charge in [-0.2, -0.15) is 0 Å². The molecule has 0 saturated carbocycles. The van der Waals surface area contributed by atoms with Crippen LogP contribution in [0, 0.1) is 0 Å². The van der Waals surface area contributed by atoms with Crippen LogP contribution in [0.3, 0.4) is 0 Å². The maximum Gasteiger partial charge on any atom is 0.410 e. The molecule has 0 N–H and O–H groups in total. The second-order valence-electron chi connectivity index (χ2n) is 6.02. The number of pyridine rings is 1. The third-order valence-electron chi connectivity index (χ3n) is 2.87. The number of carbonyl (C=O) groups is 1. The predicted molar refractivity (Wildman–Crippen MR) is 69.6 cm³/mol. The number of rotatable bonds is 2. The summed E-state index contributed by atoms with van der Waals surface area (Å²) < 4.78 is 19.6. The summed E-state index contributed by atoms with van der Waals surface area (Å²) in [5, 5.41) is 0. The Balaban J connectivity index is 1.86. The first-order chi connectivity index (χ1) is 8.77. The lowest BCUT2D eigenvalue weighted by molar-refractivity contribution is -0.0503. The molecule has 0 spiro atoms. The summed E-state index contributed by atoms with van der Waals surface area (Å²) in [5.74, 6) is 0. The molecule has 0 atom stereocenters. The van der Waals surface area contributed by atoms with Gasteiger partial charge in [-0.25, -0.2) is 9.18 Å². The fourth-order valence-electron chi connectivity index (χ4n) is 2.07. The van der Waals surface area contributed by atoms with E-state index in [9.17, 15) is 9.18 Å². The molecule has 1 fully saturated rings. The Morgan fingerprint density at radius 1 is 1.42 bits per heavy atom. The summed E-state index contributed by atoms with van der Waals surface area (Å²) in [5.41, 5.74) is -1.00. The third-order valence-corrected chi connectivity index (χ3v) is 2.87. The molecule has 0 bridgehead atoms. The molecular weight excluding hydrogens is 247 g/mol. The van der Waals surface area contributed by atoms with Crippen molar-refractivity contribution < 1.29 is 13.9 Å². The molecule has 0 radical (unpaired) electrons. The van der Waals surface area contributed by atoms with Crippen LogP contribution in [0.25, 0.3) is 0 Å². The standard InChI is InChI=1S/C14H19FN2O2/c1-13(2,3)19-12(18)17-9-14(15,10-17)8-11-4-6-16-7-5-11/h4-7H,8-10H2,1-3H3. The van der Waals surface area contributed by atoms with Gasteiger partial charge in [0, 0.05) is 18.8 Å². The summed E-state index contributed by atoms with van der Waals surface area (Å²) >= 11 is 0. The minimum atomic E-state index is -1.35. The van der Waals surface area contributed by atoms with E-state index in [1.54, 1.807) is 45.3 Å². The van der Waals surface area contributed by atoms with E-state index in [4.69, 9.17) is 4.74 Å². The van der Waals surface area contributed by atoms with Crippen LogP contribution in [0.5, 0.6) is 0 Å². The summed E-state index contributed by atoms with van der Waals surface area (Å²) in [6, 6.07) is 3.58. The molecule has 1 aliphatic rings. The number of likely N-dealkylation sites (tertiary alicyclic amines) is 1.